The molecule has 32 heavy (non-hydrogen) atoms. The number of nitroso groups, excluding NO2 is 1. The third kappa shape index (κ3) is 2.98. The Labute approximate surface area is 195 Å². The van der Waals surface area contributed by atoms with E-state index < -0.39 is 52.0 Å². The summed E-state index contributed by atoms with van der Waals surface area (Å²) in [4.78, 5) is 48.9. The van der Waals surface area contributed by atoms with Crippen LogP contribution in [0.4, 0.5) is 0 Å². The van der Waals surface area contributed by atoms with Gasteiger partial charge in [-0.2, -0.15) is 0 Å². The molecule has 168 valence electrons. The Balaban J connectivity index is 1.93. The number of aromatic hydroxyl groups is 1. The number of hydrogen-bond acceptors (Lipinski definition) is 8. The lowest BCUT2D eigenvalue weighted by Gasteiger charge is -2.46. The minimum absolute atomic E-state index is 0.0131. The van der Waals surface area contributed by atoms with Crippen LogP contribution in [-0.2, 0) is 27.3 Å². The topological polar surface area (TPSA) is 178 Å². The molecule has 3 atom stereocenters. The zero-order valence-electron chi connectivity index (χ0n) is 16.9. The van der Waals surface area contributed by atoms with Gasteiger partial charge in [0, 0.05) is 26.4 Å². The Morgan fingerprint density at radius 3 is 2.53 bits per heavy atom. The lowest BCUT2D eigenvalue weighted by Crippen LogP contribution is -2.58. The van der Waals surface area contributed by atoms with E-state index in [9.17, 15) is 39.7 Å². The normalized spacial score (nSPS) is 27.1. The third-order valence-electron chi connectivity index (χ3n) is 6.48. The van der Waals surface area contributed by atoms with E-state index in [2.05, 4.69) is 0 Å². The van der Waals surface area contributed by atoms with E-state index in [-0.39, 0.29) is 48.3 Å². The van der Waals surface area contributed by atoms with Crippen LogP contribution in [0, 0.1) is 20.3 Å². The van der Waals surface area contributed by atoms with Crippen molar-refractivity contribution < 1.29 is 39.6 Å². The van der Waals surface area contributed by atoms with Crippen LogP contribution in [-0.4, -0.2) is 55.3 Å². The number of aliphatic hydroxyl groups excluding tert-OH is 2. The van der Waals surface area contributed by atoms with Gasteiger partial charge in [0.25, 0.3) is 5.91 Å². The summed E-state index contributed by atoms with van der Waals surface area (Å²) in [7, 11) is 1.27. The van der Waals surface area contributed by atoms with Crippen LogP contribution in [0.5, 0.6) is 5.75 Å². The second-order valence-corrected chi connectivity index (χ2v) is 9.57. The Bertz CT molecular complexity index is 1200. The zero-order valence-corrected chi connectivity index (χ0v) is 19.0. The first-order valence-corrected chi connectivity index (χ1v) is 10.9. The fourth-order valence-corrected chi connectivity index (χ4v) is 5.92. The molecule has 0 bridgehead atoms. The molecular weight excluding hydrogens is 535 g/mol. The van der Waals surface area contributed by atoms with Crippen molar-refractivity contribution in [2.45, 2.75) is 31.4 Å². The molecule has 2 unspecified atom stereocenters. The molecule has 6 N–H and O–H groups in total. The molecule has 0 radical (unpaired) electrons. The van der Waals surface area contributed by atoms with E-state index in [0.717, 1.165) is 0 Å². The highest BCUT2D eigenvalue weighted by Gasteiger charge is 2.60. The summed E-state index contributed by atoms with van der Waals surface area (Å²) in [5, 5.41) is 43.5. The summed E-state index contributed by atoms with van der Waals surface area (Å²) in [5.74, 6) is -6.70. The highest BCUT2D eigenvalue weighted by molar-refractivity contribution is 14.1. The quantitative estimate of drug-likeness (QED) is 0.208. The van der Waals surface area contributed by atoms with Gasteiger partial charge in [-0.3, -0.25) is 14.4 Å². The summed E-state index contributed by atoms with van der Waals surface area (Å²) in [6, 6.07) is 1.63. The van der Waals surface area contributed by atoms with Crippen molar-refractivity contribution in [1.82, 2.24) is 0 Å². The molecule has 11 heteroatoms. The number of nitrogens with zero attached hydrogens (tertiary/aromatic N) is 1. The number of aliphatic hydroxyl groups is 3. The number of halogens is 1. The summed E-state index contributed by atoms with van der Waals surface area (Å²) < 4.78 is 1.27. The number of Topliss-reactive ketones (excluding diaryl/α,β-unsaturated/α-hetero) is 2. The first-order chi connectivity index (χ1) is 14.9. The lowest BCUT2D eigenvalue weighted by molar-refractivity contribution is -0.535. The molecule has 1 amide bonds. The molecule has 4 rings (SSSR count). The summed E-state index contributed by atoms with van der Waals surface area (Å²) in [6.45, 7) is -0.158. The molecule has 3 aliphatic rings. The number of phenols is 1. The van der Waals surface area contributed by atoms with Crippen LogP contribution in [0.15, 0.2) is 23.0 Å². The number of hydrogen-bond donors (Lipinski definition) is 5. The van der Waals surface area contributed by atoms with E-state index in [1.54, 1.807) is 6.07 Å². The first-order valence-electron chi connectivity index (χ1n) is 9.78. The van der Waals surface area contributed by atoms with Crippen molar-refractivity contribution in [3.63, 3.8) is 0 Å². The van der Waals surface area contributed by atoms with E-state index in [4.69, 9.17) is 5.73 Å². The number of benzene rings is 1. The first kappa shape index (κ1) is 22.4. The predicted octanol–water partition coefficient (Wildman–Crippen LogP) is 0.937. The SMILES string of the molecule is C[N+](=O)Cc1cc(I)c2c(c1O)C(O)=C1C(=O)[C@]3(O)C(O)=C(C(N)=O)C(=O)CC3CC1C2. The largest absolute Gasteiger partial charge is 0.508 e. The second kappa shape index (κ2) is 7.37. The maximum absolute atomic E-state index is 13.4. The van der Waals surface area contributed by atoms with Crippen LogP contribution in [0.3, 0.4) is 0 Å². The maximum Gasteiger partial charge on any atom is 0.255 e. The fraction of sp³-hybridized carbons (Fsp3) is 0.381. The summed E-state index contributed by atoms with van der Waals surface area (Å²) >= 11 is 2.01. The zero-order chi connectivity index (χ0) is 23.7. The lowest BCUT2D eigenvalue weighted by atomic mass is 9.59. The van der Waals surface area contributed by atoms with Crippen molar-refractivity contribution in [1.29, 1.82) is 0 Å². The van der Waals surface area contributed by atoms with Gasteiger partial charge in [0.05, 0.1) is 11.1 Å². The average molecular weight is 555 g/mol. The van der Waals surface area contributed by atoms with E-state index in [1.807, 2.05) is 22.6 Å². The van der Waals surface area contributed by atoms with Crippen molar-refractivity contribution in [3.8, 4) is 5.75 Å². The highest BCUT2D eigenvalue weighted by Crippen LogP contribution is 2.52. The van der Waals surface area contributed by atoms with Gasteiger partial charge in [-0.1, -0.05) is 0 Å². The molecule has 10 nitrogen and oxygen atoms in total. The monoisotopic (exact) mass is 555 g/mol. The number of primary amides is 1. The summed E-state index contributed by atoms with van der Waals surface area (Å²) in [5.41, 5.74) is 2.34. The Morgan fingerprint density at radius 1 is 1.28 bits per heavy atom. The van der Waals surface area contributed by atoms with Crippen molar-refractivity contribution in [2.24, 2.45) is 17.6 Å². The van der Waals surface area contributed by atoms with Crippen molar-refractivity contribution in [3.05, 3.63) is 48.1 Å². The Kier molecular flexibility index (Phi) is 5.16. The number of phenolic OH excluding ortho intramolecular Hbond substituents is 1. The number of carbonyl (C=O) groups is 3. The molecule has 1 aromatic carbocycles. The molecule has 0 spiro atoms. The fourth-order valence-electron chi connectivity index (χ4n) is 5.06. The van der Waals surface area contributed by atoms with E-state index >= 15 is 0 Å². The van der Waals surface area contributed by atoms with E-state index in [1.165, 1.54) is 7.05 Å². The van der Waals surface area contributed by atoms with E-state index in [0.29, 0.717) is 13.9 Å². The molecule has 1 aromatic rings. The molecule has 0 saturated heterocycles. The minimum atomic E-state index is -2.59. The van der Waals surface area contributed by atoms with Gasteiger partial charge in [0.1, 0.15) is 22.8 Å². The van der Waals surface area contributed by atoms with Gasteiger partial charge in [-0.15, -0.1) is 0 Å². The Morgan fingerprint density at radius 2 is 1.94 bits per heavy atom. The van der Waals surface area contributed by atoms with Gasteiger partial charge in [-0.25, -0.2) is 0 Å². The van der Waals surface area contributed by atoms with Crippen molar-refractivity contribution in [2.75, 3.05) is 7.05 Å². The number of carbonyl (C=O) groups excluding carboxylic acids is 3. The van der Waals surface area contributed by atoms with Gasteiger partial charge >= 0.3 is 0 Å². The number of fused-ring (bicyclic) bond motifs is 3. The predicted molar refractivity (Wildman–Crippen MR) is 117 cm³/mol. The number of amides is 1. The van der Waals surface area contributed by atoms with Gasteiger partial charge in [0.2, 0.25) is 12.3 Å². The molecule has 0 aliphatic heterocycles. The van der Waals surface area contributed by atoms with Crippen LogP contribution >= 0.6 is 22.6 Å². The number of nitrogens with two attached hydrogens (primary N) is 1. The molecular formula is C21H20IN2O8+. The van der Waals surface area contributed by atoms with Crippen LogP contribution in [0.1, 0.15) is 29.5 Å². The second-order valence-electron chi connectivity index (χ2n) is 8.41. The molecule has 0 heterocycles. The van der Waals surface area contributed by atoms with Gasteiger partial charge in [0.15, 0.2) is 18.4 Å². The van der Waals surface area contributed by atoms with Crippen LogP contribution in [0.25, 0.3) is 5.76 Å². The third-order valence-corrected chi connectivity index (χ3v) is 7.44. The summed E-state index contributed by atoms with van der Waals surface area (Å²) in [6.07, 6.45) is -0.0579. The van der Waals surface area contributed by atoms with Crippen LogP contribution in [0.2, 0.25) is 0 Å². The van der Waals surface area contributed by atoms with Crippen LogP contribution < -0.4 is 5.73 Å². The average Bonchev–Trinajstić information content (AvgIpc) is 2.68. The molecule has 0 aromatic heterocycles. The van der Waals surface area contributed by atoms with Gasteiger partial charge in [-0.05, 0) is 57.7 Å². The van der Waals surface area contributed by atoms with Crippen molar-refractivity contribution >= 4 is 45.8 Å². The highest BCUT2D eigenvalue weighted by atomic mass is 127. The Hall–Kier alpha value is -2.80. The standard InChI is InChI=1S/C21H19IN2O8/c1-24(32)6-8-4-11(22)10-3-7-2-9-5-12(25)15(20(23)30)19(29)21(9,31)18(28)13(7)17(27)14(10)16(8)26/h4,7,9,31H,2-3,5-6H2,1H3,(H4-,23,25,26,27,28,29,30)/p+1/t7?,9?,21-/m0/s1. The molecule has 1 fully saturated rings. The maximum atomic E-state index is 13.4. The molecule has 1 saturated carbocycles. The number of ketones is 2. The smallest absolute Gasteiger partial charge is 0.255 e. The minimum Gasteiger partial charge on any atom is -0.508 e. The number of rotatable bonds is 3. The van der Waals surface area contributed by atoms with Gasteiger partial charge < -0.3 is 26.2 Å². The molecule has 3 aliphatic carbocycles.